The SMILES string of the molecule is O=C(c1cn(Cc2cc(F)cc(F)c2)c2cc(Cl)ccc12)N1CCC(N2C(=O)Cc3ccccc32)CC1. The van der Waals surface area contributed by atoms with Gasteiger partial charge in [-0.3, -0.25) is 9.59 Å². The van der Waals surface area contributed by atoms with Crippen LogP contribution in [0.3, 0.4) is 0 Å². The lowest BCUT2D eigenvalue weighted by Gasteiger charge is -2.37. The molecule has 0 radical (unpaired) electrons. The fourth-order valence-corrected chi connectivity index (χ4v) is 5.81. The summed E-state index contributed by atoms with van der Waals surface area (Å²) in [6, 6.07) is 16.6. The summed E-state index contributed by atoms with van der Waals surface area (Å²) in [5.41, 5.74) is 3.71. The molecule has 3 heterocycles. The fourth-order valence-electron chi connectivity index (χ4n) is 5.64. The minimum atomic E-state index is -0.650. The van der Waals surface area contributed by atoms with Crippen LogP contribution in [0.15, 0.2) is 66.9 Å². The van der Waals surface area contributed by atoms with Crippen molar-refractivity contribution in [2.45, 2.75) is 31.8 Å². The van der Waals surface area contributed by atoms with Crippen LogP contribution in [0.4, 0.5) is 14.5 Å². The van der Waals surface area contributed by atoms with Crippen molar-refractivity contribution in [3.05, 3.63) is 100 Å². The first-order chi connectivity index (χ1) is 17.9. The summed E-state index contributed by atoms with van der Waals surface area (Å²) in [5, 5.41) is 1.24. The highest BCUT2D eigenvalue weighted by Gasteiger charge is 2.36. The summed E-state index contributed by atoms with van der Waals surface area (Å²) in [6.07, 6.45) is 3.54. The molecule has 2 aliphatic rings. The second kappa shape index (κ2) is 9.30. The summed E-state index contributed by atoms with van der Waals surface area (Å²) in [7, 11) is 0. The minimum absolute atomic E-state index is 0.0585. The van der Waals surface area contributed by atoms with E-state index in [1.165, 1.54) is 12.1 Å². The van der Waals surface area contributed by atoms with Gasteiger partial charge in [-0.05, 0) is 54.3 Å². The Bertz CT molecular complexity index is 1520. The number of carbonyl (C=O) groups excluding carboxylic acids is 2. The van der Waals surface area contributed by atoms with Crippen LogP contribution in [0.2, 0.25) is 5.02 Å². The second-order valence-electron chi connectivity index (χ2n) is 9.70. The predicted molar refractivity (Wildman–Crippen MR) is 139 cm³/mol. The van der Waals surface area contributed by atoms with Gasteiger partial charge in [0.05, 0.1) is 17.5 Å². The molecule has 0 saturated carbocycles. The normalized spacial score (nSPS) is 16.0. The van der Waals surface area contributed by atoms with Crippen molar-refractivity contribution in [2.75, 3.05) is 18.0 Å². The Labute approximate surface area is 217 Å². The Morgan fingerprint density at radius 1 is 0.973 bits per heavy atom. The van der Waals surface area contributed by atoms with Gasteiger partial charge in [-0.25, -0.2) is 8.78 Å². The molecule has 1 fully saturated rings. The van der Waals surface area contributed by atoms with E-state index in [-0.39, 0.29) is 24.4 Å². The van der Waals surface area contributed by atoms with Gasteiger partial charge in [0.15, 0.2) is 0 Å². The molecule has 0 atom stereocenters. The van der Waals surface area contributed by atoms with Gasteiger partial charge in [0.2, 0.25) is 5.91 Å². The number of hydrogen-bond donors (Lipinski definition) is 0. The maximum atomic E-state index is 13.8. The number of carbonyl (C=O) groups is 2. The van der Waals surface area contributed by atoms with Gasteiger partial charge >= 0.3 is 0 Å². The van der Waals surface area contributed by atoms with Gasteiger partial charge in [0.1, 0.15) is 11.6 Å². The zero-order valence-electron chi connectivity index (χ0n) is 20.0. The molecular formula is C29H24ClF2N3O2. The number of fused-ring (bicyclic) bond motifs is 2. The van der Waals surface area contributed by atoms with Crippen molar-refractivity contribution in [1.29, 1.82) is 0 Å². The third-order valence-corrected chi connectivity index (χ3v) is 7.56. The lowest BCUT2D eigenvalue weighted by atomic mass is 10.0. The lowest BCUT2D eigenvalue weighted by molar-refractivity contribution is -0.118. The number of nitrogens with zero attached hydrogens (tertiary/aromatic N) is 3. The number of benzene rings is 3. The molecule has 3 aromatic carbocycles. The Hall–Kier alpha value is -3.71. The van der Waals surface area contributed by atoms with Gasteiger partial charge in [0.25, 0.3) is 5.91 Å². The van der Waals surface area contributed by atoms with E-state index in [2.05, 4.69) is 0 Å². The molecule has 5 nitrogen and oxygen atoms in total. The average Bonchev–Trinajstić information content (AvgIpc) is 3.39. The number of piperidine rings is 1. The highest BCUT2D eigenvalue weighted by molar-refractivity contribution is 6.31. The van der Waals surface area contributed by atoms with Crippen LogP contribution in [-0.4, -0.2) is 40.4 Å². The topological polar surface area (TPSA) is 45.6 Å². The summed E-state index contributed by atoms with van der Waals surface area (Å²) in [5.74, 6) is -1.30. The van der Waals surface area contributed by atoms with Crippen molar-refractivity contribution in [2.24, 2.45) is 0 Å². The van der Waals surface area contributed by atoms with Gasteiger partial charge in [0, 0.05) is 54.0 Å². The third kappa shape index (κ3) is 4.37. The molecule has 37 heavy (non-hydrogen) atoms. The van der Waals surface area contributed by atoms with Crippen LogP contribution < -0.4 is 4.90 Å². The summed E-state index contributed by atoms with van der Waals surface area (Å²) in [4.78, 5) is 30.1. The molecule has 2 amide bonds. The van der Waals surface area contributed by atoms with Crippen molar-refractivity contribution in [3.8, 4) is 0 Å². The molecule has 0 bridgehead atoms. The standard InChI is InChI=1S/C29H24ClF2N3O2/c30-20-5-6-24-25(17-34(27(24)14-20)16-18-11-21(31)15-22(32)12-18)29(37)33-9-7-23(8-10-33)35-26-4-2-1-3-19(26)13-28(35)36/h1-6,11-12,14-15,17,23H,7-10,13,16H2. The number of para-hydroxylation sites is 1. The van der Waals surface area contributed by atoms with Gasteiger partial charge < -0.3 is 14.4 Å². The first-order valence-electron chi connectivity index (χ1n) is 12.3. The Morgan fingerprint density at radius 3 is 2.46 bits per heavy atom. The third-order valence-electron chi connectivity index (χ3n) is 7.33. The molecule has 0 unspecified atom stereocenters. The Balaban J connectivity index is 1.24. The molecule has 188 valence electrons. The predicted octanol–water partition coefficient (Wildman–Crippen LogP) is 5.82. The van der Waals surface area contributed by atoms with Crippen LogP contribution >= 0.6 is 11.6 Å². The molecule has 1 saturated heterocycles. The zero-order chi connectivity index (χ0) is 25.7. The molecule has 2 aliphatic heterocycles. The van der Waals surface area contributed by atoms with Gasteiger partial charge in [-0.2, -0.15) is 0 Å². The van der Waals surface area contributed by atoms with Crippen molar-refractivity contribution < 1.29 is 18.4 Å². The fraction of sp³-hybridized carbons (Fsp3) is 0.241. The average molecular weight is 520 g/mol. The van der Waals surface area contributed by atoms with E-state index >= 15 is 0 Å². The molecule has 0 spiro atoms. The van der Waals surface area contributed by atoms with Crippen molar-refractivity contribution in [1.82, 2.24) is 9.47 Å². The van der Waals surface area contributed by atoms with E-state index in [4.69, 9.17) is 11.6 Å². The van der Waals surface area contributed by atoms with Crippen molar-refractivity contribution in [3.63, 3.8) is 0 Å². The van der Waals surface area contributed by atoms with Crippen LogP contribution in [0, 0.1) is 11.6 Å². The summed E-state index contributed by atoms with van der Waals surface area (Å²) in [6.45, 7) is 1.26. The van der Waals surface area contributed by atoms with Gasteiger partial charge in [-0.1, -0.05) is 35.9 Å². The molecular weight excluding hydrogens is 496 g/mol. The highest BCUT2D eigenvalue weighted by atomic mass is 35.5. The monoisotopic (exact) mass is 519 g/mol. The number of anilines is 1. The molecule has 0 aliphatic carbocycles. The lowest BCUT2D eigenvalue weighted by Crippen LogP contribution is -2.48. The Kier molecular flexibility index (Phi) is 5.95. The van der Waals surface area contributed by atoms with E-state index in [1.807, 2.05) is 34.1 Å². The highest BCUT2D eigenvalue weighted by Crippen LogP contribution is 2.34. The van der Waals surface area contributed by atoms with E-state index < -0.39 is 11.6 Å². The Morgan fingerprint density at radius 2 is 1.70 bits per heavy atom. The smallest absolute Gasteiger partial charge is 0.256 e. The number of amides is 2. The molecule has 1 aromatic heterocycles. The second-order valence-corrected chi connectivity index (χ2v) is 10.1. The first-order valence-corrected chi connectivity index (χ1v) is 12.7. The zero-order valence-corrected chi connectivity index (χ0v) is 20.7. The summed E-state index contributed by atoms with van der Waals surface area (Å²) >= 11 is 6.25. The molecule has 6 rings (SSSR count). The molecule has 8 heteroatoms. The van der Waals surface area contributed by atoms with Gasteiger partial charge in [-0.15, -0.1) is 0 Å². The largest absolute Gasteiger partial charge is 0.342 e. The number of aromatic nitrogens is 1. The van der Waals surface area contributed by atoms with Crippen molar-refractivity contribution >= 4 is 40.0 Å². The quantitative estimate of drug-likeness (QED) is 0.341. The summed E-state index contributed by atoms with van der Waals surface area (Å²) < 4.78 is 29.4. The van der Waals surface area contributed by atoms with E-state index in [0.29, 0.717) is 48.5 Å². The first kappa shape index (κ1) is 23.7. The van der Waals surface area contributed by atoms with E-state index in [9.17, 15) is 18.4 Å². The van der Waals surface area contributed by atoms with E-state index in [1.54, 1.807) is 29.0 Å². The number of hydrogen-bond acceptors (Lipinski definition) is 2. The molecule has 0 N–H and O–H groups in total. The van der Waals surface area contributed by atoms with Crippen LogP contribution in [0.5, 0.6) is 0 Å². The van der Waals surface area contributed by atoms with Crippen LogP contribution in [0.25, 0.3) is 10.9 Å². The minimum Gasteiger partial charge on any atom is -0.342 e. The maximum absolute atomic E-state index is 13.8. The van der Waals surface area contributed by atoms with Crippen LogP contribution in [-0.2, 0) is 17.8 Å². The number of likely N-dealkylation sites (tertiary alicyclic amines) is 1. The van der Waals surface area contributed by atoms with Crippen LogP contribution in [0.1, 0.15) is 34.3 Å². The maximum Gasteiger partial charge on any atom is 0.256 e. The number of rotatable bonds is 4. The van der Waals surface area contributed by atoms with E-state index in [0.717, 1.165) is 28.2 Å². The molecule has 4 aromatic rings. The number of halogens is 3.